The number of nitrogens with zero attached hydrogens (tertiary/aromatic N) is 1. The zero-order valence-electron chi connectivity index (χ0n) is 9.55. The lowest BCUT2D eigenvalue weighted by atomic mass is 9.92. The van der Waals surface area contributed by atoms with Gasteiger partial charge in [0.25, 0.3) is 0 Å². The van der Waals surface area contributed by atoms with Gasteiger partial charge in [0.15, 0.2) is 0 Å². The number of nitro groups is 1. The van der Waals surface area contributed by atoms with Gasteiger partial charge in [-0.15, -0.1) is 0 Å². The molecule has 1 unspecified atom stereocenters. The summed E-state index contributed by atoms with van der Waals surface area (Å²) in [5, 5.41) is 10.8. The van der Waals surface area contributed by atoms with Crippen molar-refractivity contribution in [2.75, 3.05) is 6.61 Å². The predicted octanol–water partition coefficient (Wildman–Crippen LogP) is 1.20. The van der Waals surface area contributed by atoms with Gasteiger partial charge in [-0.05, 0) is 13.3 Å². The standard InChI is InChI=1S/C10H17NO5/c1-3-5-8(6-7-12)9(11(14)15)10(13)16-4-2/h7-9H,3-6H2,1-2H3/t8-,9?/m1/s1. The second kappa shape index (κ2) is 7.78. The lowest BCUT2D eigenvalue weighted by molar-refractivity contribution is -0.519. The monoisotopic (exact) mass is 231 g/mol. The summed E-state index contributed by atoms with van der Waals surface area (Å²) in [5.41, 5.74) is 0. The Morgan fingerprint density at radius 3 is 2.50 bits per heavy atom. The molecule has 0 aromatic rings. The van der Waals surface area contributed by atoms with Gasteiger partial charge in [-0.1, -0.05) is 13.3 Å². The third-order valence-electron chi connectivity index (χ3n) is 2.26. The van der Waals surface area contributed by atoms with Crippen molar-refractivity contribution >= 4 is 12.3 Å². The Labute approximate surface area is 94.1 Å². The van der Waals surface area contributed by atoms with Gasteiger partial charge in [-0.2, -0.15) is 0 Å². The molecule has 0 spiro atoms. The second-order valence-corrected chi connectivity index (χ2v) is 3.43. The van der Waals surface area contributed by atoms with Crippen LogP contribution in [-0.2, 0) is 14.3 Å². The maximum absolute atomic E-state index is 11.4. The molecule has 0 saturated carbocycles. The number of ether oxygens (including phenoxy) is 1. The number of hydrogen-bond donors (Lipinski definition) is 0. The number of aldehydes is 1. The van der Waals surface area contributed by atoms with Crippen LogP contribution in [0.5, 0.6) is 0 Å². The number of carbonyl (C=O) groups excluding carboxylic acids is 2. The van der Waals surface area contributed by atoms with Crippen molar-refractivity contribution in [2.45, 2.75) is 39.2 Å². The van der Waals surface area contributed by atoms with E-state index < -0.39 is 22.9 Å². The highest BCUT2D eigenvalue weighted by atomic mass is 16.6. The van der Waals surface area contributed by atoms with Crippen molar-refractivity contribution in [3.8, 4) is 0 Å². The smallest absolute Gasteiger partial charge is 0.381 e. The Morgan fingerprint density at radius 1 is 1.50 bits per heavy atom. The van der Waals surface area contributed by atoms with Gasteiger partial charge >= 0.3 is 12.0 Å². The largest absolute Gasteiger partial charge is 0.461 e. The summed E-state index contributed by atoms with van der Waals surface area (Å²) in [7, 11) is 0. The number of carbonyl (C=O) groups is 2. The first-order valence-corrected chi connectivity index (χ1v) is 5.32. The van der Waals surface area contributed by atoms with E-state index in [4.69, 9.17) is 0 Å². The zero-order valence-corrected chi connectivity index (χ0v) is 9.55. The van der Waals surface area contributed by atoms with Crippen molar-refractivity contribution in [3.63, 3.8) is 0 Å². The van der Waals surface area contributed by atoms with E-state index in [9.17, 15) is 19.7 Å². The molecular formula is C10H17NO5. The summed E-state index contributed by atoms with van der Waals surface area (Å²) in [6, 6.07) is -1.43. The Morgan fingerprint density at radius 2 is 2.12 bits per heavy atom. The van der Waals surface area contributed by atoms with Crippen LogP contribution < -0.4 is 0 Å². The molecule has 0 rings (SSSR count). The molecule has 0 N–H and O–H groups in total. The van der Waals surface area contributed by atoms with E-state index in [0.29, 0.717) is 19.1 Å². The van der Waals surface area contributed by atoms with Crippen molar-refractivity contribution in [3.05, 3.63) is 10.1 Å². The molecule has 0 aromatic heterocycles. The van der Waals surface area contributed by atoms with Gasteiger partial charge < -0.3 is 9.53 Å². The fourth-order valence-corrected chi connectivity index (χ4v) is 1.58. The summed E-state index contributed by atoms with van der Waals surface area (Å²) in [6.07, 6.45) is 1.76. The topological polar surface area (TPSA) is 86.5 Å². The number of hydrogen-bond acceptors (Lipinski definition) is 5. The molecule has 6 nitrogen and oxygen atoms in total. The predicted molar refractivity (Wildman–Crippen MR) is 56.5 cm³/mol. The zero-order chi connectivity index (χ0) is 12.6. The minimum atomic E-state index is -1.43. The van der Waals surface area contributed by atoms with Crippen LogP contribution in [0.25, 0.3) is 0 Å². The Bertz CT molecular complexity index is 254. The van der Waals surface area contributed by atoms with Crippen LogP contribution >= 0.6 is 0 Å². The second-order valence-electron chi connectivity index (χ2n) is 3.43. The molecule has 0 heterocycles. The fourth-order valence-electron chi connectivity index (χ4n) is 1.58. The van der Waals surface area contributed by atoms with E-state index >= 15 is 0 Å². The molecule has 6 heteroatoms. The van der Waals surface area contributed by atoms with Gasteiger partial charge in [-0.3, -0.25) is 10.1 Å². The molecular weight excluding hydrogens is 214 g/mol. The van der Waals surface area contributed by atoms with E-state index in [1.165, 1.54) is 0 Å². The van der Waals surface area contributed by atoms with Crippen LogP contribution in [0.2, 0.25) is 0 Å². The normalized spacial score (nSPS) is 13.9. The molecule has 0 saturated heterocycles. The van der Waals surface area contributed by atoms with Gasteiger partial charge in [0, 0.05) is 17.3 Å². The van der Waals surface area contributed by atoms with E-state index in [0.717, 1.165) is 0 Å². The van der Waals surface area contributed by atoms with Crippen molar-refractivity contribution < 1.29 is 19.2 Å². The average molecular weight is 231 g/mol. The van der Waals surface area contributed by atoms with Gasteiger partial charge in [-0.25, -0.2) is 4.79 Å². The molecule has 0 amide bonds. The molecule has 0 aliphatic heterocycles. The van der Waals surface area contributed by atoms with Gasteiger partial charge in [0.05, 0.1) is 6.61 Å². The van der Waals surface area contributed by atoms with Crippen LogP contribution in [0, 0.1) is 16.0 Å². The van der Waals surface area contributed by atoms with Gasteiger partial charge in [0.2, 0.25) is 0 Å². The van der Waals surface area contributed by atoms with Crippen LogP contribution in [0.1, 0.15) is 33.1 Å². The molecule has 0 aliphatic carbocycles. The van der Waals surface area contributed by atoms with E-state index in [1.807, 2.05) is 6.92 Å². The molecule has 0 aromatic carbocycles. The highest BCUT2D eigenvalue weighted by molar-refractivity contribution is 5.75. The summed E-state index contributed by atoms with van der Waals surface area (Å²) < 4.78 is 4.64. The maximum atomic E-state index is 11.4. The summed E-state index contributed by atoms with van der Waals surface area (Å²) in [4.78, 5) is 31.9. The lowest BCUT2D eigenvalue weighted by Crippen LogP contribution is -2.38. The van der Waals surface area contributed by atoms with Crippen LogP contribution in [-0.4, -0.2) is 29.8 Å². The minimum absolute atomic E-state index is 0.0122. The van der Waals surface area contributed by atoms with Gasteiger partial charge in [0.1, 0.15) is 6.29 Å². The maximum Gasteiger partial charge on any atom is 0.381 e. The SMILES string of the molecule is CCC[C@H](CC=O)C(C(=O)OCC)[N+](=O)[O-]. The van der Waals surface area contributed by atoms with Crippen molar-refractivity contribution in [2.24, 2.45) is 5.92 Å². The molecule has 0 fully saturated rings. The number of rotatable bonds is 8. The summed E-state index contributed by atoms with van der Waals surface area (Å²) >= 11 is 0. The van der Waals surface area contributed by atoms with E-state index in [1.54, 1.807) is 6.92 Å². The quantitative estimate of drug-likeness (QED) is 0.271. The van der Waals surface area contributed by atoms with Crippen LogP contribution in [0.4, 0.5) is 0 Å². The lowest BCUT2D eigenvalue weighted by Gasteiger charge is -2.16. The summed E-state index contributed by atoms with van der Waals surface area (Å²) in [5.74, 6) is -1.43. The number of esters is 1. The molecule has 0 radical (unpaired) electrons. The fraction of sp³-hybridized carbons (Fsp3) is 0.800. The highest BCUT2D eigenvalue weighted by Crippen LogP contribution is 2.18. The molecule has 0 bridgehead atoms. The van der Waals surface area contributed by atoms with E-state index in [-0.39, 0.29) is 13.0 Å². The molecule has 92 valence electrons. The average Bonchev–Trinajstić information content (AvgIpc) is 2.18. The van der Waals surface area contributed by atoms with Crippen LogP contribution in [0.3, 0.4) is 0 Å². The first kappa shape index (κ1) is 14.5. The molecule has 2 atom stereocenters. The Kier molecular flexibility index (Phi) is 7.07. The molecule has 16 heavy (non-hydrogen) atoms. The van der Waals surface area contributed by atoms with Crippen molar-refractivity contribution in [1.29, 1.82) is 0 Å². The third kappa shape index (κ3) is 4.37. The Hall–Kier alpha value is -1.46. The summed E-state index contributed by atoms with van der Waals surface area (Å²) in [6.45, 7) is 3.53. The first-order chi connectivity index (χ1) is 7.58. The van der Waals surface area contributed by atoms with Crippen molar-refractivity contribution in [1.82, 2.24) is 0 Å². The first-order valence-electron chi connectivity index (χ1n) is 5.32. The highest BCUT2D eigenvalue weighted by Gasteiger charge is 2.39. The minimum Gasteiger partial charge on any atom is -0.461 e. The molecule has 0 aliphatic rings. The third-order valence-corrected chi connectivity index (χ3v) is 2.26. The Balaban J connectivity index is 4.75. The van der Waals surface area contributed by atoms with Crippen LogP contribution in [0.15, 0.2) is 0 Å². The van der Waals surface area contributed by atoms with E-state index in [2.05, 4.69) is 4.74 Å².